The normalized spacial score (nSPS) is 12.6. The first-order chi connectivity index (χ1) is 13.9. The molecule has 0 amide bonds. The smallest absolute Gasteiger partial charge is 0.131 e. The Morgan fingerprint density at radius 3 is 2.03 bits per heavy atom. The van der Waals surface area contributed by atoms with Crippen molar-refractivity contribution in [3.63, 3.8) is 0 Å². The van der Waals surface area contributed by atoms with Crippen molar-refractivity contribution < 1.29 is 4.39 Å². The summed E-state index contributed by atoms with van der Waals surface area (Å²) in [5, 5.41) is 0.410. The second-order valence-electron chi connectivity index (χ2n) is 8.19. The van der Waals surface area contributed by atoms with Gasteiger partial charge in [0, 0.05) is 10.6 Å². The Morgan fingerprint density at radius 1 is 0.793 bits per heavy atom. The van der Waals surface area contributed by atoms with Crippen LogP contribution < -0.4 is 0 Å². The van der Waals surface area contributed by atoms with E-state index in [4.69, 9.17) is 11.6 Å². The van der Waals surface area contributed by atoms with Crippen molar-refractivity contribution >= 4 is 23.8 Å². The monoisotopic (exact) mass is 406 g/mol. The number of rotatable bonds is 7. The van der Waals surface area contributed by atoms with Crippen LogP contribution in [0.15, 0.2) is 66.7 Å². The number of halogens is 2. The maximum Gasteiger partial charge on any atom is 0.131 e. The molecular weight excluding hydrogens is 379 g/mol. The number of benzene rings is 3. The van der Waals surface area contributed by atoms with Crippen molar-refractivity contribution in [3.8, 4) is 0 Å². The Bertz CT molecular complexity index is 953. The largest absolute Gasteiger partial charge is 0.206 e. The SMILES string of the molecule is CC(C)Cc1ccc([C@H](C)Cc2ccc(C=Cc3ccc(Cl)cc3F)cc2)cc1. The summed E-state index contributed by atoms with van der Waals surface area (Å²) in [6.45, 7) is 6.78. The van der Waals surface area contributed by atoms with Crippen LogP contribution in [-0.2, 0) is 12.8 Å². The summed E-state index contributed by atoms with van der Waals surface area (Å²) < 4.78 is 13.9. The molecule has 0 heterocycles. The minimum Gasteiger partial charge on any atom is -0.206 e. The molecule has 0 saturated carbocycles. The van der Waals surface area contributed by atoms with Crippen LogP contribution in [0.1, 0.15) is 54.5 Å². The van der Waals surface area contributed by atoms with Crippen molar-refractivity contribution in [2.75, 3.05) is 0 Å². The van der Waals surface area contributed by atoms with Crippen LogP contribution >= 0.6 is 11.6 Å². The van der Waals surface area contributed by atoms with E-state index in [9.17, 15) is 4.39 Å². The molecule has 0 aliphatic rings. The average molecular weight is 407 g/mol. The molecule has 3 aromatic carbocycles. The van der Waals surface area contributed by atoms with E-state index in [1.165, 1.54) is 22.8 Å². The fourth-order valence-corrected chi connectivity index (χ4v) is 3.67. The van der Waals surface area contributed by atoms with E-state index in [0.717, 1.165) is 18.4 Å². The molecule has 0 N–H and O–H groups in total. The lowest BCUT2D eigenvalue weighted by Crippen LogP contribution is -2.00. The lowest BCUT2D eigenvalue weighted by atomic mass is 9.92. The fraction of sp³-hybridized carbons (Fsp3) is 0.259. The predicted molar refractivity (Wildman–Crippen MR) is 124 cm³/mol. The number of hydrogen-bond acceptors (Lipinski definition) is 0. The Morgan fingerprint density at radius 2 is 1.41 bits per heavy atom. The first-order valence-electron chi connectivity index (χ1n) is 10.2. The molecule has 1 atom stereocenters. The van der Waals surface area contributed by atoms with E-state index in [0.29, 0.717) is 22.4 Å². The second kappa shape index (κ2) is 9.89. The Hall–Kier alpha value is -2.38. The van der Waals surface area contributed by atoms with E-state index < -0.39 is 0 Å². The maximum absolute atomic E-state index is 13.9. The fourth-order valence-electron chi connectivity index (χ4n) is 3.51. The van der Waals surface area contributed by atoms with Gasteiger partial charge >= 0.3 is 0 Å². The van der Waals surface area contributed by atoms with Gasteiger partial charge in [0.2, 0.25) is 0 Å². The van der Waals surface area contributed by atoms with Gasteiger partial charge in [-0.15, -0.1) is 0 Å². The van der Waals surface area contributed by atoms with Gasteiger partial charge in [-0.1, -0.05) is 99.1 Å². The van der Waals surface area contributed by atoms with Crippen molar-refractivity contribution in [3.05, 3.63) is 105 Å². The van der Waals surface area contributed by atoms with Crippen molar-refractivity contribution in [1.29, 1.82) is 0 Å². The zero-order valence-electron chi connectivity index (χ0n) is 17.3. The quantitative estimate of drug-likeness (QED) is 0.347. The second-order valence-corrected chi connectivity index (χ2v) is 8.62. The molecule has 0 bridgehead atoms. The summed E-state index contributed by atoms with van der Waals surface area (Å²) >= 11 is 5.80. The first-order valence-corrected chi connectivity index (χ1v) is 10.6. The third kappa shape index (κ3) is 6.30. The molecule has 0 aromatic heterocycles. The summed E-state index contributed by atoms with van der Waals surface area (Å²) in [6, 6.07) is 22.2. The van der Waals surface area contributed by atoms with Crippen molar-refractivity contribution in [2.24, 2.45) is 5.92 Å². The van der Waals surface area contributed by atoms with Crippen LogP contribution in [-0.4, -0.2) is 0 Å². The lowest BCUT2D eigenvalue weighted by Gasteiger charge is -2.13. The minimum absolute atomic E-state index is 0.307. The average Bonchev–Trinajstić information content (AvgIpc) is 2.68. The van der Waals surface area contributed by atoms with Crippen molar-refractivity contribution in [2.45, 2.75) is 39.5 Å². The summed E-state index contributed by atoms with van der Waals surface area (Å²) in [5.41, 5.74) is 5.67. The van der Waals surface area contributed by atoms with Crippen LogP contribution in [0, 0.1) is 11.7 Å². The van der Waals surface area contributed by atoms with Gasteiger partial charge in [-0.05, 0) is 59.1 Å². The standard InChI is InChI=1S/C27H28ClF/c1-19(2)16-22-9-11-24(12-10-22)20(3)17-23-6-4-21(5-7-23)8-13-25-14-15-26(28)18-27(25)29/h4-15,18-20H,16-17H2,1-3H3/t20-/m1/s1. The van der Waals surface area contributed by atoms with Gasteiger partial charge in [0.1, 0.15) is 5.82 Å². The van der Waals surface area contributed by atoms with Crippen molar-refractivity contribution in [1.82, 2.24) is 0 Å². The first kappa shape index (κ1) is 21.3. The number of hydrogen-bond donors (Lipinski definition) is 0. The lowest BCUT2D eigenvalue weighted by molar-refractivity contribution is 0.625. The van der Waals surface area contributed by atoms with Crippen LogP contribution in [0.2, 0.25) is 5.02 Å². The molecule has 0 spiro atoms. The van der Waals surface area contributed by atoms with E-state index >= 15 is 0 Å². The van der Waals surface area contributed by atoms with Gasteiger partial charge in [0.15, 0.2) is 0 Å². The molecule has 29 heavy (non-hydrogen) atoms. The Kier molecular flexibility index (Phi) is 7.28. The molecule has 0 nitrogen and oxygen atoms in total. The van der Waals surface area contributed by atoms with Crippen LogP contribution in [0.3, 0.4) is 0 Å². The summed E-state index contributed by atoms with van der Waals surface area (Å²) in [4.78, 5) is 0. The van der Waals surface area contributed by atoms with Gasteiger partial charge in [-0.25, -0.2) is 4.39 Å². The molecule has 0 aliphatic carbocycles. The minimum atomic E-state index is -0.307. The van der Waals surface area contributed by atoms with Crippen LogP contribution in [0.5, 0.6) is 0 Å². The highest BCUT2D eigenvalue weighted by Gasteiger charge is 2.07. The van der Waals surface area contributed by atoms with Gasteiger partial charge in [0.25, 0.3) is 0 Å². The molecule has 0 unspecified atom stereocenters. The zero-order valence-corrected chi connectivity index (χ0v) is 18.1. The van der Waals surface area contributed by atoms with Gasteiger partial charge in [-0.2, -0.15) is 0 Å². The molecular formula is C27H28ClF. The van der Waals surface area contributed by atoms with E-state index in [-0.39, 0.29) is 5.82 Å². The highest BCUT2D eigenvalue weighted by atomic mass is 35.5. The highest BCUT2D eigenvalue weighted by molar-refractivity contribution is 6.30. The van der Waals surface area contributed by atoms with Crippen LogP contribution in [0.25, 0.3) is 12.2 Å². The molecule has 0 saturated heterocycles. The highest BCUT2D eigenvalue weighted by Crippen LogP contribution is 2.23. The van der Waals surface area contributed by atoms with Gasteiger partial charge < -0.3 is 0 Å². The molecule has 2 heteroatoms. The van der Waals surface area contributed by atoms with E-state index in [1.807, 2.05) is 6.08 Å². The van der Waals surface area contributed by atoms with Gasteiger partial charge in [0.05, 0.1) is 0 Å². The summed E-state index contributed by atoms with van der Waals surface area (Å²) in [5.74, 6) is 0.841. The molecule has 3 aromatic rings. The molecule has 0 radical (unpaired) electrons. The third-order valence-corrected chi connectivity index (χ3v) is 5.37. The summed E-state index contributed by atoms with van der Waals surface area (Å²) in [6.07, 6.45) is 5.83. The van der Waals surface area contributed by atoms with Crippen LogP contribution in [0.4, 0.5) is 4.39 Å². The molecule has 0 fully saturated rings. The predicted octanol–water partition coefficient (Wildman–Crippen LogP) is 8.19. The summed E-state index contributed by atoms with van der Waals surface area (Å²) in [7, 11) is 0. The molecule has 0 aliphatic heterocycles. The van der Waals surface area contributed by atoms with E-state index in [1.54, 1.807) is 18.2 Å². The Balaban J connectivity index is 1.61. The maximum atomic E-state index is 13.9. The Labute approximate surface area is 179 Å². The van der Waals surface area contributed by atoms with E-state index in [2.05, 4.69) is 69.3 Å². The molecule has 150 valence electrons. The third-order valence-electron chi connectivity index (χ3n) is 5.13. The topological polar surface area (TPSA) is 0 Å². The van der Waals surface area contributed by atoms with Gasteiger partial charge in [-0.3, -0.25) is 0 Å². The zero-order chi connectivity index (χ0) is 20.8. The molecule has 3 rings (SSSR count).